The van der Waals surface area contributed by atoms with Gasteiger partial charge in [-0.25, -0.2) is 8.42 Å². The summed E-state index contributed by atoms with van der Waals surface area (Å²) < 4.78 is 29.3. The quantitative estimate of drug-likeness (QED) is 0.169. The number of carbonyl (C=O) groups is 2. The first-order valence-electron chi connectivity index (χ1n) is 14.3. The molecule has 0 radical (unpaired) electrons. The third kappa shape index (κ3) is 8.58. The highest BCUT2D eigenvalue weighted by Gasteiger charge is 2.35. The van der Waals surface area contributed by atoms with Crippen LogP contribution in [0.2, 0.25) is 15.1 Å². The molecule has 45 heavy (non-hydrogen) atoms. The van der Waals surface area contributed by atoms with Crippen molar-refractivity contribution in [3.05, 3.63) is 129 Å². The van der Waals surface area contributed by atoms with Gasteiger partial charge in [0.1, 0.15) is 12.6 Å². The fraction of sp³-hybridized carbons (Fsp3) is 0.235. The minimum atomic E-state index is -4.24. The average Bonchev–Trinajstić information content (AvgIpc) is 2.99. The Balaban J connectivity index is 1.86. The number of hydrogen-bond acceptors (Lipinski definition) is 4. The van der Waals surface area contributed by atoms with Crippen LogP contribution in [-0.2, 0) is 32.6 Å². The van der Waals surface area contributed by atoms with E-state index in [1.165, 1.54) is 17.0 Å². The first-order chi connectivity index (χ1) is 21.4. The van der Waals surface area contributed by atoms with Crippen molar-refractivity contribution in [1.29, 1.82) is 0 Å². The maximum Gasteiger partial charge on any atom is 0.264 e. The number of anilines is 1. The van der Waals surface area contributed by atoms with Gasteiger partial charge in [0, 0.05) is 39.6 Å². The number of benzene rings is 4. The number of sulfonamides is 1. The fourth-order valence-electron chi connectivity index (χ4n) is 4.92. The Labute approximate surface area is 279 Å². The predicted octanol–water partition coefficient (Wildman–Crippen LogP) is 7.32. The molecule has 0 heterocycles. The third-order valence-electron chi connectivity index (χ3n) is 7.13. The summed E-state index contributed by atoms with van der Waals surface area (Å²) in [5.74, 6) is -1.02. The smallest absolute Gasteiger partial charge is 0.264 e. The van der Waals surface area contributed by atoms with Crippen molar-refractivity contribution in [3.8, 4) is 0 Å². The average molecular weight is 687 g/mol. The van der Waals surface area contributed by atoms with Crippen molar-refractivity contribution in [3.63, 3.8) is 0 Å². The predicted molar refractivity (Wildman–Crippen MR) is 181 cm³/mol. The molecule has 0 aromatic heterocycles. The number of aryl methyl sites for hydroxylation is 1. The van der Waals surface area contributed by atoms with E-state index in [0.717, 1.165) is 9.87 Å². The van der Waals surface area contributed by atoms with Crippen LogP contribution in [0, 0.1) is 6.92 Å². The van der Waals surface area contributed by atoms with E-state index in [1.54, 1.807) is 61.5 Å². The van der Waals surface area contributed by atoms with Crippen molar-refractivity contribution in [2.45, 2.75) is 50.7 Å². The van der Waals surface area contributed by atoms with Crippen LogP contribution < -0.4 is 9.62 Å². The zero-order chi connectivity index (χ0) is 32.7. The van der Waals surface area contributed by atoms with Gasteiger partial charge >= 0.3 is 0 Å². The first kappa shape index (κ1) is 34.3. The molecule has 0 spiro atoms. The van der Waals surface area contributed by atoms with E-state index in [-0.39, 0.29) is 29.6 Å². The first-order valence-corrected chi connectivity index (χ1v) is 16.9. The minimum Gasteiger partial charge on any atom is -0.352 e. The van der Waals surface area contributed by atoms with Gasteiger partial charge in [0.25, 0.3) is 10.0 Å². The topological polar surface area (TPSA) is 86.8 Å². The van der Waals surface area contributed by atoms with Gasteiger partial charge in [0.2, 0.25) is 11.8 Å². The maximum absolute atomic E-state index is 14.6. The molecule has 2 amide bonds. The molecule has 0 saturated heterocycles. The Bertz CT molecular complexity index is 1730. The molecular weight excluding hydrogens is 653 g/mol. The molecule has 11 heteroatoms. The van der Waals surface area contributed by atoms with Gasteiger partial charge in [-0.2, -0.15) is 0 Å². The lowest BCUT2D eigenvalue weighted by atomic mass is 10.0. The molecule has 0 aliphatic carbocycles. The van der Waals surface area contributed by atoms with Gasteiger partial charge in [-0.3, -0.25) is 13.9 Å². The monoisotopic (exact) mass is 685 g/mol. The number of halogens is 3. The van der Waals surface area contributed by atoms with Crippen LogP contribution in [-0.4, -0.2) is 43.8 Å². The molecule has 1 atom stereocenters. The van der Waals surface area contributed by atoms with Gasteiger partial charge < -0.3 is 10.2 Å². The number of nitrogens with one attached hydrogen (secondary N) is 1. The van der Waals surface area contributed by atoms with Crippen molar-refractivity contribution < 1.29 is 18.0 Å². The Morgan fingerprint density at radius 3 is 2.00 bits per heavy atom. The summed E-state index contributed by atoms with van der Waals surface area (Å²) in [7, 11) is -4.24. The Morgan fingerprint density at radius 1 is 0.822 bits per heavy atom. The molecule has 4 aromatic rings. The van der Waals surface area contributed by atoms with Gasteiger partial charge in [0.15, 0.2) is 0 Å². The van der Waals surface area contributed by atoms with E-state index in [1.807, 2.05) is 44.2 Å². The number of hydrogen-bond donors (Lipinski definition) is 1. The van der Waals surface area contributed by atoms with Crippen LogP contribution in [0.3, 0.4) is 0 Å². The second-order valence-electron chi connectivity index (χ2n) is 10.8. The summed E-state index contributed by atoms with van der Waals surface area (Å²) in [4.78, 5) is 29.7. The van der Waals surface area contributed by atoms with Gasteiger partial charge in [-0.15, -0.1) is 0 Å². The summed E-state index contributed by atoms with van der Waals surface area (Å²) in [5, 5.41) is 3.96. The zero-order valence-electron chi connectivity index (χ0n) is 25.1. The normalized spacial score (nSPS) is 12.1. The molecule has 236 valence electrons. The number of amides is 2. The second kappa shape index (κ2) is 15.1. The van der Waals surface area contributed by atoms with Crippen LogP contribution in [0.15, 0.2) is 102 Å². The van der Waals surface area contributed by atoms with E-state index in [2.05, 4.69) is 5.32 Å². The van der Waals surface area contributed by atoms with Crippen LogP contribution in [0.5, 0.6) is 0 Å². The van der Waals surface area contributed by atoms with Gasteiger partial charge in [-0.1, -0.05) is 89.4 Å². The van der Waals surface area contributed by atoms with Gasteiger partial charge in [-0.05, 0) is 74.4 Å². The molecule has 0 fully saturated rings. The highest BCUT2D eigenvalue weighted by Crippen LogP contribution is 2.31. The Hall–Kier alpha value is -3.56. The van der Waals surface area contributed by atoms with E-state index in [9.17, 15) is 18.0 Å². The Kier molecular flexibility index (Phi) is 11.6. The Morgan fingerprint density at radius 2 is 1.42 bits per heavy atom. The number of nitrogens with zero attached hydrogens (tertiary/aromatic N) is 2. The highest BCUT2D eigenvalue weighted by atomic mass is 35.5. The third-order valence-corrected chi connectivity index (χ3v) is 9.85. The summed E-state index contributed by atoms with van der Waals surface area (Å²) >= 11 is 19.3. The summed E-state index contributed by atoms with van der Waals surface area (Å²) in [6, 6.07) is 25.6. The summed E-state index contributed by atoms with van der Waals surface area (Å²) in [6.45, 7) is 4.62. The molecule has 0 unspecified atom stereocenters. The molecule has 7 nitrogen and oxygen atoms in total. The number of carbonyl (C=O) groups excluding carboxylic acids is 2. The van der Waals surface area contributed by atoms with Crippen molar-refractivity contribution in [1.82, 2.24) is 10.2 Å². The molecule has 4 rings (SSSR count). The molecule has 4 aromatic carbocycles. The molecule has 0 aliphatic heterocycles. The number of rotatable bonds is 12. The highest BCUT2D eigenvalue weighted by molar-refractivity contribution is 7.92. The SMILES string of the molecule is Cc1cc(Cl)ccc1N(CC(=O)N(Cc1c(Cl)cccc1Cl)[C@@H](Cc1ccccc1)C(=O)NC(C)C)S(=O)(=O)c1ccccc1. The van der Waals surface area contributed by atoms with E-state index < -0.39 is 34.4 Å². The molecular formula is C34H34Cl3N3O4S. The maximum atomic E-state index is 14.6. The van der Waals surface area contributed by atoms with E-state index >= 15 is 0 Å². The molecule has 0 aliphatic rings. The molecule has 1 N–H and O–H groups in total. The second-order valence-corrected chi connectivity index (χ2v) is 14.0. The molecule has 0 saturated carbocycles. The van der Waals surface area contributed by atoms with Crippen LogP contribution in [0.4, 0.5) is 5.69 Å². The van der Waals surface area contributed by atoms with Crippen LogP contribution >= 0.6 is 34.8 Å². The summed E-state index contributed by atoms with van der Waals surface area (Å²) in [6.07, 6.45) is 0.165. The van der Waals surface area contributed by atoms with Gasteiger partial charge in [0.05, 0.1) is 10.6 Å². The lowest BCUT2D eigenvalue weighted by Gasteiger charge is -2.34. The van der Waals surface area contributed by atoms with Crippen molar-refractivity contribution in [2.75, 3.05) is 10.8 Å². The lowest BCUT2D eigenvalue weighted by molar-refractivity contribution is -0.140. The van der Waals surface area contributed by atoms with E-state index in [4.69, 9.17) is 34.8 Å². The largest absolute Gasteiger partial charge is 0.352 e. The minimum absolute atomic E-state index is 0.00577. The van der Waals surface area contributed by atoms with Crippen molar-refractivity contribution in [2.24, 2.45) is 0 Å². The standard InChI is InChI=1S/C34H34Cl3N3O4S/c1-23(2)38-34(42)32(20-25-11-6-4-7-12-25)39(21-28-29(36)15-10-16-30(28)37)33(41)22-40(31-18-17-26(35)19-24(31)3)45(43,44)27-13-8-5-9-14-27/h4-19,23,32H,20-22H2,1-3H3,(H,38,42)/t32-/m0/s1. The van der Waals surface area contributed by atoms with E-state index in [0.29, 0.717) is 26.2 Å². The van der Waals surface area contributed by atoms with Crippen LogP contribution in [0.25, 0.3) is 0 Å². The molecule has 0 bridgehead atoms. The summed E-state index contributed by atoms with van der Waals surface area (Å²) in [5.41, 5.74) is 2.07. The zero-order valence-corrected chi connectivity index (χ0v) is 28.2. The fourth-order valence-corrected chi connectivity index (χ4v) is 7.16. The lowest BCUT2D eigenvalue weighted by Crippen LogP contribution is -2.54. The van der Waals surface area contributed by atoms with Crippen molar-refractivity contribution >= 4 is 62.3 Å². The van der Waals surface area contributed by atoms with Crippen LogP contribution in [0.1, 0.15) is 30.5 Å².